The Kier molecular flexibility index (Phi) is 4.13. The van der Waals surface area contributed by atoms with Gasteiger partial charge in [-0.1, -0.05) is 35.8 Å². The maximum absolute atomic E-state index is 13.8. The van der Waals surface area contributed by atoms with Gasteiger partial charge < -0.3 is 0 Å². The molecule has 0 N–H and O–H groups in total. The Morgan fingerprint density at radius 2 is 2.06 bits per heavy atom. The largest absolute Gasteiger partial charge is 0.280 e. The summed E-state index contributed by atoms with van der Waals surface area (Å²) in [6.07, 6.45) is 0. The van der Waals surface area contributed by atoms with Gasteiger partial charge in [0.25, 0.3) is 0 Å². The van der Waals surface area contributed by atoms with Crippen molar-refractivity contribution in [2.24, 2.45) is 5.92 Å². The Balaban J connectivity index is 3.50. The third-order valence-corrected chi connectivity index (χ3v) is 4.10. The van der Waals surface area contributed by atoms with E-state index in [1.54, 1.807) is 19.1 Å². The van der Waals surface area contributed by atoms with E-state index in [-0.39, 0.29) is 5.92 Å². The molecule has 0 aromatic heterocycles. The lowest BCUT2D eigenvalue weighted by Gasteiger charge is -2.31. The van der Waals surface area contributed by atoms with Gasteiger partial charge in [0.1, 0.15) is 5.82 Å². The molecular formula is C12H13BrClFO. The van der Waals surface area contributed by atoms with Crippen LogP contribution in [0.4, 0.5) is 4.39 Å². The van der Waals surface area contributed by atoms with Crippen LogP contribution in [0.25, 0.3) is 0 Å². The van der Waals surface area contributed by atoms with Crippen molar-refractivity contribution in [3.63, 3.8) is 0 Å². The van der Waals surface area contributed by atoms with Crippen molar-refractivity contribution in [2.75, 3.05) is 0 Å². The molecule has 1 unspecified atom stereocenters. The minimum atomic E-state index is -1.02. The number of halogens is 3. The summed E-state index contributed by atoms with van der Waals surface area (Å²) >= 11 is 8.90. The van der Waals surface area contributed by atoms with E-state index < -0.39 is 16.5 Å². The molecule has 4 heteroatoms. The Morgan fingerprint density at radius 3 is 2.44 bits per heavy atom. The predicted octanol–water partition coefficient (Wildman–Crippen LogP) is 4.27. The summed E-state index contributed by atoms with van der Waals surface area (Å²) in [5.74, 6) is -0.509. The van der Waals surface area contributed by atoms with E-state index in [1.807, 2.05) is 13.8 Å². The van der Waals surface area contributed by atoms with Gasteiger partial charge in [0.2, 0.25) is 5.24 Å². The number of carbonyl (C=O) groups is 1. The molecule has 0 fully saturated rings. The number of hydrogen-bond acceptors (Lipinski definition) is 1. The molecule has 1 nitrogen and oxygen atoms in total. The van der Waals surface area contributed by atoms with Gasteiger partial charge in [-0.05, 0) is 36.6 Å². The van der Waals surface area contributed by atoms with Gasteiger partial charge in [0.05, 0.1) is 5.41 Å². The molecule has 1 aromatic rings. The second-order valence-corrected chi connectivity index (χ2v) is 5.43. The van der Waals surface area contributed by atoms with Crippen LogP contribution in [0.1, 0.15) is 26.3 Å². The maximum atomic E-state index is 13.8. The molecule has 0 bridgehead atoms. The fraction of sp³-hybridized carbons (Fsp3) is 0.417. The van der Waals surface area contributed by atoms with Gasteiger partial charge in [-0.3, -0.25) is 4.79 Å². The number of rotatable bonds is 3. The minimum absolute atomic E-state index is 0.0919. The van der Waals surface area contributed by atoms with Crippen LogP contribution in [0.2, 0.25) is 0 Å². The highest BCUT2D eigenvalue weighted by atomic mass is 79.9. The molecule has 0 radical (unpaired) electrons. The van der Waals surface area contributed by atoms with Crippen LogP contribution in [0.3, 0.4) is 0 Å². The maximum Gasteiger partial charge on any atom is 0.232 e. The predicted molar refractivity (Wildman–Crippen MR) is 67.2 cm³/mol. The van der Waals surface area contributed by atoms with E-state index in [9.17, 15) is 9.18 Å². The molecule has 0 saturated carbocycles. The van der Waals surface area contributed by atoms with Crippen LogP contribution < -0.4 is 0 Å². The van der Waals surface area contributed by atoms with Crippen LogP contribution >= 0.6 is 27.5 Å². The summed E-state index contributed by atoms with van der Waals surface area (Å²) in [5, 5.41) is -0.548. The second kappa shape index (κ2) is 4.84. The molecule has 88 valence electrons. The summed E-state index contributed by atoms with van der Waals surface area (Å²) < 4.78 is 14.4. The molecule has 1 aromatic carbocycles. The van der Waals surface area contributed by atoms with Crippen molar-refractivity contribution < 1.29 is 9.18 Å². The highest BCUT2D eigenvalue weighted by Gasteiger charge is 2.40. The molecule has 0 aliphatic heterocycles. The molecule has 1 atom stereocenters. The van der Waals surface area contributed by atoms with Gasteiger partial charge in [-0.2, -0.15) is 0 Å². The average Bonchev–Trinajstić information content (AvgIpc) is 2.16. The van der Waals surface area contributed by atoms with E-state index in [0.717, 1.165) is 0 Å². The fourth-order valence-corrected chi connectivity index (χ4v) is 2.67. The lowest BCUT2D eigenvalue weighted by Crippen LogP contribution is -2.36. The fourth-order valence-electron chi connectivity index (χ4n) is 1.61. The van der Waals surface area contributed by atoms with Crippen molar-refractivity contribution in [2.45, 2.75) is 26.2 Å². The van der Waals surface area contributed by atoms with E-state index >= 15 is 0 Å². The normalized spacial score (nSPS) is 14.9. The van der Waals surface area contributed by atoms with Crippen LogP contribution in [0.5, 0.6) is 0 Å². The molecule has 16 heavy (non-hydrogen) atoms. The van der Waals surface area contributed by atoms with Crippen LogP contribution in [0, 0.1) is 11.7 Å². The number of carbonyl (C=O) groups excluding carboxylic acids is 1. The van der Waals surface area contributed by atoms with E-state index in [1.165, 1.54) is 6.07 Å². The van der Waals surface area contributed by atoms with Gasteiger partial charge >= 0.3 is 0 Å². The molecule has 1 rings (SSSR count). The van der Waals surface area contributed by atoms with Crippen LogP contribution in [0.15, 0.2) is 22.7 Å². The van der Waals surface area contributed by atoms with Gasteiger partial charge in [0.15, 0.2) is 0 Å². The first kappa shape index (κ1) is 13.7. The van der Waals surface area contributed by atoms with Crippen molar-refractivity contribution >= 4 is 32.8 Å². The van der Waals surface area contributed by atoms with E-state index in [2.05, 4.69) is 15.9 Å². The SMILES string of the molecule is CC(C)C(C)(C(=O)Cl)c1c(F)cccc1Br. The first-order valence-corrected chi connectivity index (χ1v) is 6.13. The van der Waals surface area contributed by atoms with Crippen molar-refractivity contribution in [1.82, 2.24) is 0 Å². The van der Waals surface area contributed by atoms with E-state index in [0.29, 0.717) is 10.0 Å². The summed E-state index contributed by atoms with van der Waals surface area (Å²) in [5.41, 5.74) is -0.698. The van der Waals surface area contributed by atoms with Gasteiger partial charge in [-0.25, -0.2) is 4.39 Å². The topological polar surface area (TPSA) is 17.1 Å². The third kappa shape index (κ3) is 2.16. The molecule has 0 amide bonds. The Hall–Kier alpha value is -0.410. The molecular weight excluding hydrogens is 294 g/mol. The van der Waals surface area contributed by atoms with Crippen LogP contribution in [-0.2, 0) is 10.2 Å². The summed E-state index contributed by atoms with van der Waals surface area (Å²) in [6, 6.07) is 4.63. The molecule has 0 aliphatic carbocycles. The summed E-state index contributed by atoms with van der Waals surface area (Å²) in [6.45, 7) is 5.36. The van der Waals surface area contributed by atoms with Gasteiger partial charge in [-0.15, -0.1) is 0 Å². The molecule has 0 saturated heterocycles. The zero-order valence-electron chi connectivity index (χ0n) is 9.35. The Bertz CT molecular complexity index is 399. The standard InChI is InChI=1S/C12H13BrClFO/c1-7(2)12(3,11(14)16)10-8(13)5-4-6-9(10)15/h4-7H,1-3H3. The summed E-state index contributed by atoms with van der Waals surface area (Å²) in [7, 11) is 0. The molecule has 0 heterocycles. The monoisotopic (exact) mass is 306 g/mol. The third-order valence-electron chi connectivity index (χ3n) is 3.05. The molecule has 0 spiro atoms. The van der Waals surface area contributed by atoms with Crippen LogP contribution in [-0.4, -0.2) is 5.24 Å². The summed E-state index contributed by atoms with van der Waals surface area (Å²) in [4.78, 5) is 11.6. The van der Waals surface area contributed by atoms with Gasteiger partial charge in [0, 0.05) is 10.0 Å². The number of benzene rings is 1. The Labute approximate surface area is 108 Å². The second-order valence-electron chi connectivity index (χ2n) is 4.23. The zero-order chi connectivity index (χ0) is 12.5. The van der Waals surface area contributed by atoms with Crippen molar-refractivity contribution in [1.29, 1.82) is 0 Å². The first-order chi connectivity index (χ1) is 7.31. The first-order valence-electron chi connectivity index (χ1n) is 4.96. The lowest BCUT2D eigenvalue weighted by atomic mass is 9.74. The molecule has 0 aliphatic rings. The van der Waals surface area contributed by atoms with Crippen molar-refractivity contribution in [3.05, 3.63) is 34.1 Å². The van der Waals surface area contributed by atoms with Crippen molar-refractivity contribution in [3.8, 4) is 0 Å². The zero-order valence-corrected chi connectivity index (χ0v) is 11.7. The average molecular weight is 308 g/mol. The Morgan fingerprint density at radius 1 is 1.50 bits per heavy atom. The smallest absolute Gasteiger partial charge is 0.232 e. The lowest BCUT2D eigenvalue weighted by molar-refractivity contribution is -0.117. The number of hydrogen-bond donors (Lipinski definition) is 0. The minimum Gasteiger partial charge on any atom is -0.280 e. The highest BCUT2D eigenvalue weighted by molar-refractivity contribution is 9.10. The van der Waals surface area contributed by atoms with E-state index in [4.69, 9.17) is 11.6 Å². The highest BCUT2D eigenvalue weighted by Crippen LogP contribution is 2.39. The quantitative estimate of drug-likeness (QED) is 0.762.